The summed E-state index contributed by atoms with van der Waals surface area (Å²) in [7, 11) is 0. The van der Waals surface area contributed by atoms with Gasteiger partial charge in [-0.05, 0) is 64.2 Å². The molecule has 0 aliphatic heterocycles. The lowest BCUT2D eigenvalue weighted by atomic mass is 10.1. The number of rotatable bonds is 8. The predicted molar refractivity (Wildman–Crippen MR) is 139 cm³/mol. The molecule has 1 saturated carbocycles. The molecule has 5 nitrogen and oxygen atoms in total. The monoisotopic (exact) mass is 542 g/mol. The van der Waals surface area contributed by atoms with Crippen LogP contribution in [0.25, 0.3) is 10.8 Å². The van der Waals surface area contributed by atoms with Crippen molar-refractivity contribution in [3.05, 3.63) is 75.7 Å². The van der Waals surface area contributed by atoms with Crippen molar-refractivity contribution >= 4 is 50.1 Å². The second-order valence-corrected chi connectivity index (χ2v) is 9.87. The van der Waals surface area contributed by atoms with E-state index in [1.54, 1.807) is 17.9 Å². The first-order valence-corrected chi connectivity index (χ1v) is 12.7. The number of fused-ring (bicyclic) bond motifs is 1. The zero-order chi connectivity index (χ0) is 24.1. The summed E-state index contributed by atoms with van der Waals surface area (Å²) >= 11 is 9.97. The van der Waals surface area contributed by atoms with Crippen LogP contribution in [0.5, 0.6) is 5.75 Å². The number of carbonyl (C=O) groups is 2. The summed E-state index contributed by atoms with van der Waals surface area (Å²) in [5.74, 6) is 0.140. The standard InChI is InChI=1S/C27H28BrClN2O3/c1-18(27(33)30-21-10-4-5-11-21)31(16-20-9-3-7-13-23(20)29)25(32)17-34-24-15-14-19-8-2-6-12-22(19)26(24)28/h2-3,6-9,12-15,18,21H,4-5,10-11,16-17H2,1H3,(H,30,33)/t18-/m1/s1. The van der Waals surface area contributed by atoms with E-state index in [4.69, 9.17) is 16.3 Å². The number of ether oxygens (including phenoxy) is 1. The van der Waals surface area contributed by atoms with Gasteiger partial charge in [-0.2, -0.15) is 0 Å². The summed E-state index contributed by atoms with van der Waals surface area (Å²) in [6, 6.07) is 18.6. The molecule has 0 unspecified atom stereocenters. The molecular weight excluding hydrogens is 516 g/mol. The Morgan fingerprint density at radius 2 is 1.79 bits per heavy atom. The molecule has 0 spiro atoms. The molecule has 1 aliphatic rings. The lowest BCUT2D eigenvalue weighted by Crippen LogP contribution is -2.50. The fraction of sp³-hybridized carbons (Fsp3) is 0.333. The fourth-order valence-corrected chi connectivity index (χ4v) is 5.14. The highest BCUT2D eigenvalue weighted by atomic mass is 79.9. The van der Waals surface area contributed by atoms with Crippen LogP contribution in [0.1, 0.15) is 38.2 Å². The summed E-state index contributed by atoms with van der Waals surface area (Å²) in [4.78, 5) is 27.9. The number of amides is 2. The number of hydrogen-bond acceptors (Lipinski definition) is 3. The van der Waals surface area contributed by atoms with Gasteiger partial charge in [-0.15, -0.1) is 0 Å². The van der Waals surface area contributed by atoms with E-state index < -0.39 is 6.04 Å². The average molecular weight is 544 g/mol. The number of nitrogens with one attached hydrogen (secondary N) is 1. The Labute approximate surface area is 213 Å². The molecular formula is C27H28BrClN2O3. The van der Waals surface area contributed by atoms with Crippen LogP contribution >= 0.6 is 27.5 Å². The Hall–Kier alpha value is -2.57. The van der Waals surface area contributed by atoms with Crippen molar-refractivity contribution in [1.82, 2.24) is 10.2 Å². The van der Waals surface area contributed by atoms with Gasteiger partial charge in [0.2, 0.25) is 5.91 Å². The fourth-order valence-electron chi connectivity index (χ4n) is 4.33. The maximum absolute atomic E-state index is 13.4. The van der Waals surface area contributed by atoms with Gasteiger partial charge in [0.15, 0.2) is 6.61 Å². The molecule has 178 valence electrons. The number of hydrogen-bond donors (Lipinski definition) is 1. The SMILES string of the molecule is C[C@H](C(=O)NC1CCCC1)N(Cc1ccccc1Cl)C(=O)COc1ccc2ccccc2c1Br. The van der Waals surface area contributed by atoms with Gasteiger partial charge in [-0.1, -0.05) is 73.0 Å². The van der Waals surface area contributed by atoms with Gasteiger partial charge in [0.25, 0.3) is 5.91 Å². The van der Waals surface area contributed by atoms with Gasteiger partial charge >= 0.3 is 0 Å². The molecule has 4 rings (SSSR count). The molecule has 3 aromatic carbocycles. The molecule has 0 saturated heterocycles. The Kier molecular flexibility index (Phi) is 8.11. The van der Waals surface area contributed by atoms with E-state index in [-0.39, 0.29) is 31.0 Å². The van der Waals surface area contributed by atoms with Crippen molar-refractivity contribution < 1.29 is 14.3 Å². The third-order valence-electron chi connectivity index (χ3n) is 6.35. The second kappa shape index (κ2) is 11.2. The summed E-state index contributed by atoms with van der Waals surface area (Å²) in [6.07, 6.45) is 4.21. The van der Waals surface area contributed by atoms with E-state index in [2.05, 4.69) is 21.2 Å². The highest BCUT2D eigenvalue weighted by Gasteiger charge is 2.29. The van der Waals surface area contributed by atoms with Crippen LogP contribution in [0.2, 0.25) is 5.02 Å². The number of nitrogens with zero attached hydrogens (tertiary/aromatic N) is 1. The topological polar surface area (TPSA) is 58.6 Å². The lowest BCUT2D eigenvalue weighted by Gasteiger charge is -2.30. The summed E-state index contributed by atoms with van der Waals surface area (Å²) in [5.41, 5.74) is 0.782. The molecule has 0 radical (unpaired) electrons. The molecule has 3 aromatic rings. The third kappa shape index (κ3) is 5.73. The predicted octanol–water partition coefficient (Wildman–Crippen LogP) is 6.11. The molecule has 0 aromatic heterocycles. The number of halogens is 2. The molecule has 0 heterocycles. The first-order valence-electron chi connectivity index (χ1n) is 11.6. The van der Waals surface area contributed by atoms with Gasteiger partial charge in [-0.25, -0.2) is 0 Å². The van der Waals surface area contributed by atoms with E-state index in [0.717, 1.165) is 46.5 Å². The Morgan fingerprint density at radius 1 is 1.09 bits per heavy atom. The molecule has 1 aliphatic carbocycles. The van der Waals surface area contributed by atoms with E-state index >= 15 is 0 Å². The zero-order valence-corrected chi connectivity index (χ0v) is 21.4. The molecule has 1 atom stereocenters. The van der Waals surface area contributed by atoms with Crippen LogP contribution in [0.3, 0.4) is 0 Å². The van der Waals surface area contributed by atoms with Crippen LogP contribution in [-0.2, 0) is 16.1 Å². The van der Waals surface area contributed by atoms with Gasteiger partial charge in [0, 0.05) is 17.6 Å². The van der Waals surface area contributed by atoms with E-state index in [9.17, 15) is 9.59 Å². The third-order valence-corrected chi connectivity index (χ3v) is 7.53. The quantitative estimate of drug-likeness (QED) is 0.373. The van der Waals surface area contributed by atoms with Gasteiger partial charge in [0.05, 0.1) is 4.47 Å². The van der Waals surface area contributed by atoms with Crippen molar-refractivity contribution in [3.63, 3.8) is 0 Å². The lowest BCUT2D eigenvalue weighted by molar-refractivity contribution is -0.142. The minimum atomic E-state index is -0.659. The summed E-state index contributed by atoms with van der Waals surface area (Å²) in [6.45, 7) is 1.79. The van der Waals surface area contributed by atoms with Crippen molar-refractivity contribution in [2.75, 3.05) is 6.61 Å². The summed E-state index contributed by atoms with van der Waals surface area (Å²) < 4.78 is 6.71. The van der Waals surface area contributed by atoms with E-state index in [0.29, 0.717) is 10.8 Å². The van der Waals surface area contributed by atoms with Crippen LogP contribution in [-0.4, -0.2) is 35.4 Å². The number of carbonyl (C=O) groups excluding carboxylic acids is 2. The van der Waals surface area contributed by atoms with Crippen molar-refractivity contribution in [2.24, 2.45) is 0 Å². The highest BCUT2D eigenvalue weighted by Crippen LogP contribution is 2.33. The largest absolute Gasteiger partial charge is 0.483 e. The maximum Gasteiger partial charge on any atom is 0.261 e. The Balaban J connectivity index is 1.51. The second-order valence-electron chi connectivity index (χ2n) is 8.67. The van der Waals surface area contributed by atoms with E-state index in [1.165, 1.54) is 0 Å². The minimum absolute atomic E-state index is 0.154. The van der Waals surface area contributed by atoms with Crippen molar-refractivity contribution in [2.45, 2.75) is 51.2 Å². The van der Waals surface area contributed by atoms with Crippen molar-refractivity contribution in [3.8, 4) is 5.75 Å². The van der Waals surface area contributed by atoms with Gasteiger partial charge < -0.3 is 15.0 Å². The Morgan fingerprint density at radius 3 is 2.56 bits per heavy atom. The molecule has 34 heavy (non-hydrogen) atoms. The maximum atomic E-state index is 13.4. The first kappa shape index (κ1) is 24.6. The van der Waals surface area contributed by atoms with Crippen molar-refractivity contribution in [1.29, 1.82) is 0 Å². The Bertz CT molecular complexity index is 1180. The minimum Gasteiger partial charge on any atom is -0.483 e. The molecule has 1 N–H and O–H groups in total. The smallest absolute Gasteiger partial charge is 0.261 e. The molecule has 7 heteroatoms. The molecule has 2 amide bonds. The summed E-state index contributed by atoms with van der Waals surface area (Å²) in [5, 5.41) is 5.74. The van der Waals surface area contributed by atoms with E-state index in [1.807, 2.05) is 54.6 Å². The van der Waals surface area contributed by atoms with Crippen LogP contribution < -0.4 is 10.1 Å². The van der Waals surface area contributed by atoms with Crippen LogP contribution in [0.4, 0.5) is 0 Å². The highest BCUT2D eigenvalue weighted by molar-refractivity contribution is 9.10. The normalized spacial score (nSPS) is 14.7. The van der Waals surface area contributed by atoms with Crippen LogP contribution in [0.15, 0.2) is 65.1 Å². The molecule has 0 bridgehead atoms. The van der Waals surface area contributed by atoms with Crippen LogP contribution in [0, 0.1) is 0 Å². The molecule has 1 fully saturated rings. The zero-order valence-electron chi connectivity index (χ0n) is 19.1. The average Bonchev–Trinajstić information content (AvgIpc) is 3.36. The first-order chi connectivity index (χ1) is 16.4. The van der Waals surface area contributed by atoms with Gasteiger partial charge in [0.1, 0.15) is 11.8 Å². The van der Waals surface area contributed by atoms with Gasteiger partial charge in [-0.3, -0.25) is 9.59 Å². The number of benzene rings is 3.